The lowest BCUT2D eigenvalue weighted by molar-refractivity contribution is -0.888. The molecule has 0 rings (SSSR count). The van der Waals surface area contributed by atoms with Crippen molar-refractivity contribution >= 4 is 7.82 Å². The van der Waals surface area contributed by atoms with Crippen LogP contribution in [0.15, 0.2) is 0 Å². The van der Waals surface area contributed by atoms with E-state index in [1.165, 1.54) is 68.9 Å². The summed E-state index contributed by atoms with van der Waals surface area (Å²) in [5.41, 5.74) is 0. The lowest BCUT2D eigenvalue weighted by Crippen LogP contribution is -2.39. The normalized spacial score (nSPS) is 11.9. The standard InChI is InChI=1S/C14H32N.H3O4P/c1-5-7-8-9-10-11-12-13-14-15(3,4)6-2;1-5(2,3)4/h5-14H2,1-4H3;(H3,1,2,3,4)/q+1;/p-1. The number of phosphoric acid groups is 1. The molecule has 0 unspecified atom stereocenters. The Labute approximate surface area is 124 Å². The second kappa shape index (κ2) is 12.8. The maximum Gasteiger partial charge on any atom is 0.262 e. The Morgan fingerprint density at radius 1 is 0.900 bits per heavy atom. The molecule has 20 heavy (non-hydrogen) atoms. The van der Waals surface area contributed by atoms with Crippen LogP contribution in [0.25, 0.3) is 0 Å². The van der Waals surface area contributed by atoms with Gasteiger partial charge < -0.3 is 19.2 Å². The zero-order valence-corrected chi connectivity index (χ0v) is 14.6. The largest absolute Gasteiger partial charge is 0.756 e. The molecule has 0 bridgehead atoms. The molecule has 0 aromatic heterocycles. The molecule has 6 heteroatoms. The molecular formula is C14H34NO4P. The summed E-state index contributed by atoms with van der Waals surface area (Å²) < 4.78 is 9.96. The Balaban J connectivity index is 0. The highest BCUT2D eigenvalue weighted by Gasteiger charge is 2.09. The van der Waals surface area contributed by atoms with Crippen LogP contribution in [0, 0.1) is 0 Å². The van der Waals surface area contributed by atoms with Gasteiger partial charge in [-0.15, -0.1) is 0 Å². The molecular weight excluding hydrogens is 277 g/mol. The van der Waals surface area contributed by atoms with Crippen molar-refractivity contribution in [3.8, 4) is 0 Å². The quantitative estimate of drug-likeness (QED) is 0.369. The molecule has 0 heterocycles. The van der Waals surface area contributed by atoms with E-state index in [4.69, 9.17) is 19.2 Å². The summed E-state index contributed by atoms with van der Waals surface area (Å²) >= 11 is 0. The van der Waals surface area contributed by atoms with E-state index in [9.17, 15) is 0 Å². The van der Waals surface area contributed by atoms with Crippen molar-refractivity contribution in [3.05, 3.63) is 0 Å². The minimum absolute atomic E-state index is 1.19. The van der Waals surface area contributed by atoms with E-state index in [0.29, 0.717) is 0 Å². The van der Waals surface area contributed by atoms with E-state index >= 15 is 0 Å². The van der Waals surface area contributed by atoms with Crippen molar-refractivity contribution < 1.29 is 23.7 Å². The highest BCUT2D eigenvalue weighted by molar-refractivity contribution is 7.43. The van der Waals surface area contributed by atoms with Gasteiger partial charge in [0.2, 0.25) is 0 Å². The Morgan fingerprint density at radius 2 is 1.25 bits per heavy atom. The van der Waals surface area contributed by atoms with Crippen LogP contribution >= 0.6 is 7.82 Å². The SMILES string of the molecule is CCCCCCCCCC[N+](C)(C)CC.O=P([O-])(O)O. The fraction of sp³-hybridized carbons (Fsp3) is 1.00. The molecule has 0 aromatic carbocycles. The van der Waals surface area contributed by atoms with Gasteiger partial charge in [-0.1, -0.05) is 45.4 Å². The van der Waals surface area contributed by atoms with Gasteiger partial charge in [0, 0.05) is 0 Å². The molecule has 5 nitrogen and oxygen atoms in total. The summed E-state index contributed by atoms with van der Waals surface area (Å²) in [7, 11) is -0.220. The van der Waals surface area contributed by atoms with E-state index < -0.39 is 7.82 Å². The van der Waals surface area contributed by atoms with Crippen LogP contribution in [0.2, 0.25) is 0 Å². The van der Waals surface area contributed by atoms with E-state index in [-0.39, 0.29) is 0 Å². The number of quaternary nitrogens is 1. The van der Waals surface area contributed by atoms with Gasteiger partial charge in [-0.25, -0.2) is 0 Å². The second-order valence-corrected chi connectivity index (χ2v) is 6.92. The van der Waals surface area contributed by atoms with Crippen LogP contribution in [-0.2, 0) is 4.57 Å². The summed E-state index contributed by atoms with van der Waals surface area (Å²) in [5.74, 6) is 0. The number of hydrogen-bond donors (Lipinski definition) is 2. The van der Waals surface area contributed by atoms with E-state index in [0.717, 1.165) is 0 Å². The molecule has 0 aromatic rings. The zero-order valence-electron chi connectivity index (χ0n) is 13.7. The van der Waals surface area contributed by atoms with E-state index in [2.05, 4.69) is 27.9 Å². The van der Waals surface area contributed by atoms with Crippen molar-refractivity contribution in [1.82, 2.24) is 0 Å². The van der Waals surface area contributed by atoms with Crippen molar-refractivity contribution in [2.75, 3.05) is 27.2 Å². The van der Waals surface area contributed by atoms with Gasteiger partial charge in [-0.3, -0.25) is 4.57 Å². The molecule has 0 saturated heterocycles. The molecule has 124 valence electrons. The number of rotatable bonds is 10. The molecule has 0 atom stereocenters. The Bertz CT molecular complexity index is 245. The Kier molecular flexibility index (Phi) is 14.3. The first-order chi connectivity index (χ1) is 9.12. The van der Waals surface area contributed by atoms with Crippen LogP contribution in [0.1, 0.15) is 65.2 Å². The number of unbranched alkanes of at least 4 members (excludes halogenated alkanes) is 7. The average molecular weight is 311 g/mol. The molecule has 0 aliphatic rings. The van der Waals surface area contributed by atoms with Crippen molar-refractivity contribution in [2.24, 2.45) is 0 Å². The zero-order chi connectivity index (χ0) is 16.1. The third-order valence-corrected chi connectivity index (χ3v) is 3.47. The molecule has 0 fully saturated rings. The molecule has 0 radical (unpaired) electrons. The minimum atomic E-state index is -4.89. The number of nitrogens with zero attached hydrogens (tertiary/aromatic N) is 1. The first kappa shape index (κ1) is 22.4. The first-order valence-corrected chi connectivity index (χ1v) is 9.24. The van der Waals surface area contributed by atoms with Gasteiger partial charge in [0.05, 0.1) is 27.2 Å². The van der Waals surface area contributed by atoms with Gasteiger partial charge >= 0.3 is 0 Å². The third-order valence-electron chi connectivity index (χ3n) is 3.47. The second-order valence-electron chi connectivity index (χ2n) is 5.94. The van der Waals surface area contributed by atoms with Gasteiger partial charge in [0.1, 0.15) is 0 Å². The molecule has 0 aliphatic carbocycles. The minimum Gasteiger partial charge on any atom is -0.756 e. The lowest BCUT2D eigenvalue weighted by atomic mass is 10.1. The van der Waals surface area contributed by atoms with Crippen molar-refractivity contribution in [1.29, 1.82) is 0 Å². The molecule has 0 saturated carbocycles. The average Bonchev–Trinajstić information content (AvgIpc) is 2.30. The van der Waals surface area contributed by atoms with Crippen LogP contribution in [0.4, 0.5) is 0 Å². The molecule has 0 aliphatic heterocycles. The van der Waals surface area contributed by atoms with E-state index in [1.54, 1.807) is 0 Å². The fourth-order valence-corrected chi connectivity index (χ4v) is 1.83. The van der Waals surface area contributed by atoms with Gasteiger partial charge in [0.15, 0.2) is 0 Å². The fourth-order valence-electron chi connectivity index (χ4n) is 1.83. The van der Waals surface area contributed by atoms with Gasteiger partial charge in [0.25, 0.3) is 7.82 Å². The first-order valence-electron chi connectivity index (χ1n) is 7.71. The maximum absolute atomic E-state index is 8.77. The van der Waals surface area contributed by atoms with Crippen LogP contribution in [0.5, 0.6) is 0 Å². The van der Waals surface area contributed by atoms with Crippen molar-refractivity contribution in [3.63, 3.8) is 0 Å². The third kappa shape index (κ3) is 26.6. The molecule has 2 N–H and O–H groups in total. The monoisotopic (exact) mass is 311 g/mol. The topological polar surface area (TPSA) is 80.6 Å². The molecule has 0 spiro atoms. The molecule has 0 amide bonds. The van der Waals surface area contributed by atoms with E-state index in [1.807, 2.05) is 0 Å². The maximum atomic E-state index is 8.77. The van der Waals surface area contributed by atoms with Gasteiger partial charge in [-0.05, 0) is 19.8 Å². The summed E-state index contributed by atoms with van der Waals surface area (Å²) in [4.78, 5) is 22.9. The number of hydrogen-bond acceptors (Lipinski definition) is 2. The Hall–Kier alpha value is 0.0700. The van der Waals surface area contributed by atoms with Crippen LogP contribution in [0.3, 0.4) is 0 Å². The van der Waals surface area contributed by atoms with Crippen LogP contribution in [-0.4, -0.2) is 41.5 Å². The summed E-state index contributed by atoms with van der Waals surface area (Å²) in [6.45, 7) is 7.18. The smallest absolute Gasteiger partial charge is 0.262 e. The summed E-state index contributed by atoms with van der Waals surface area (Å²) in [6, 6.07) is 0. The summed E-state index contributed by atoms with van der Waals surface area (Å²) in [5, 5.41) is 0. The lowest BCUT2D eigenvalue weighted by Gasteiger charge is -2.28. The highest BCUT2D eigenvalue weighted by Crippen LogP contribution is 2.19. The Morgan fingerprint density at radius 3 is 1.60 bits per heavy atom. The predicted molar refractivity (Wildman–Crippen MR) is 82.2 cm³/mol. The predicted octanol–water partition coefficient (Wildman–Crippen LogP) is 2.66. The summed E-state index contributed by atoms with van der Waals surface area (Å²) in [6.07, 6.45) is 11.5. The van der Waals surface area contributed by atoms with Crippen LogP contribution < -0.4 is 4.89 Å². The highest BCUT2D eigenvalue weighted by atomic mass is 31.2. The van der Waals surface area contributed by atoms with Gasteiger partial charge in [-0.2, -0.15) is 0 Å². The van der Waals surface area contributed by atoms with Crippen molar-refractivity contribution in [2.45, 2.75) is 65.2 Å².